The van der Waals surface area contributed by atoms with Gasteiger partial charge in [0.15, 0.2) is 4.34 Å². The quantitative estimate of drug-likeness (QED) is 0.580. The molecule has 4 aliphatic rings. The second-order valence-electron chi connectivity index (χ2n) is 8.70. The maximum Gasteiger partial charge on any atom is 0.321 e. The van der Waals surface area contributed by atoms with Crippen molar-refractivity contribution in [2.24, 2.45) is 17.8 Å². The predicted molar refractivity (Wildman–Crippen MR) is 112 cm³/mol. The van der Waals surface area contributed by atoms with E-state index in [-0.39, 0.29) is 17.5 Å². The highest BCUT2D eigenvalue weighted by molar-refractivity contribution is 8.02. The van der Waals surface area contributed by atoms with Gasteiger partial charge < -0.3 is 10.6 Å². The van der Waals surface area contributed by atoms with E-state index in [0.717, 1.165) is 59.5 Å². The number of imide groups is 1. The van der Waals surface area contributed by atoms with Crippen LogP contribution < -0.4 is 16.0 Å². The van der Waals surface area contributed by atoms with Crippen LogP contribution in [-0.4, -0.2) is 39.5 Å². The van der Waals surface area contributed by atoms with E-state index in [1.165, 1.54) is 42.4 Å². The van der Waals surface area contributed by atoms with E-state index in [4.69, 9.17) is 0 Å². The van der Waals surface area contributed by atoms with E-state index in [0.29, 0.717) is 0 Å². The Hall–Kier alpha value is -1.35. The smallest absolute Gasteiger partial charge is 0.321 e. The van der Waals surface area contributed by atoms with Gasteiger partial charge in [0, 0.05) is 12.1 Å². The van der Waals surface area contributed by atoms with Gasteiger partial charge in [-0.2, -0.15) is 0 Å². The number of amides is 3. The third-order valence-electron chi connectivity index (χ3n) is 6.23. The molecule has 7 nitrogen and oxygen atoms in total. The van der Waals surface area contributed by atoms with Crippen molar-refractivity contribution in [2.45, 2.75) is 73.9 Å². The fraction of sp³-hybridized carbons (Fsp3) is 0.789. The van der Waals surface area contributed by atoms with Gasteiger partial charge in [0.25, 0.3) is 0 Å². The molecular formula is C19H29N5O2S2. The molecule has 0 aliphatic heterocycles. The highest BCUT2D eigenvalue weighted by Gasteiger charge is 2.51. The molecule has 28 heavy (non-hydrogen) atoms. The molecule has 9 heteroatoms. The van der Waals surface area contributed by atoms with Gasteiger partial charge in [-0.3, -0.25) is 10.1 Å². The summed E-state index contributed by atoms with van der Waals surface area (Å²) < 4.78 is 0.725. The lowest BCUT2D eigenvalue weighted by Gasteiger charge is -2.56. The van der Waals surface area contributed by atoms with Gasteiger partial charge in [-0.1, -0.05) is 30.0 Å². The molecule has 0 unspecified atom stereocenters. The molecule has 1 aromatic heterocycles. The van der Waals surface area contributed by atoms with Crippen molar-refractivity contribution in [3.8, 4) is 0 Å². The van der Waals surface area contributed by atoms with E-state index >= 15 is 0 Å². The summed E-state index contributed by atoms with van der Waals surface area (Å²) in [6.07, 6.45) is 8.21. The van der Waals surface area contributed by atoms with Crippen LogP contribution in [0.2, 0.25) is 0 Å². The minimum Gasteiger partial charge on any atom is -0.360 e. The zero-order valence-corrected chi connectivity index (χ0v) is 18.1. The number of hydrogen-bond donors (Lipinski definition) is 3. The molecule has 0 aromatic carbocycles. The summed E-state index contributed by atoms with van der Waals surface area (Å²) in [6, 6.07) is -0.345. The van der Waals surface area contributed by atoms with Crippen LogP contribution in [0.1, 0.15) is 58.8 Å². The van der Waals surface area contributed by atoms with Crippen LogP contribution in [0.5, 0.6) is 0 Å². The standard InChI is InChI=1S/C19H29N5O2S2/c1-3-4-20-17-23-24-18(28-17)27-11(2)15(25)21-16(26)22-19-8-12-5-13(9-19)7-14(6-12)10-19/h11-14H,3-10H2,1-2H3,(H,20,23)(H2,21,22,25,26)/t11-,12?,13?,14?,19?/m0/s1. The zero-order valence-electron chi connectivity index (χ0n) is 16.5. The Morgan fingerprint density at radius 1 is 1.18 bits per heavy atom. The number of carbonyl (C=O) groups is 2. The minimum absolute atomic E-state index is 0.0887. The Morgan fingerprint density at radius 3 is 2.43 bits per heavy atom. The molecule has 1 heterocycles. The molecule has 0 radical (unpaired) electrons. The van der Waals surface area contributed by atoms with Crippen LogP contribution in [-0.2, 0) is 4.79 Å². The Balaban J connectivity index is 1.27. The van der Waals surface area contributed by atoms with E-state index in [1.807, 2.05) is 0 Å². The predicted octanol–water partition coefficient (Wildman–Crippen LogP) is 3.64. The lowest BCUT2D eigenvalue weighted by Crippen LogP contribution is -2.62. The second-order valence-corrected chi connectivity index (χ2v) is 11.3. The van der Waals surface area contributed by atoms with Crippen LogP contribution in [0.4, 0.5) is 9.93 Å². The van der Waals surface area contributed by atoms with Crippen molar-refractivity contribution < 1.29 is 9.59 Å². The Bertz CT molecular complexity index is 702. The fourth-order valence-corrected chi connectivity index (χ4v) is 7.44. The van der Waals surface area contributed by atoms with Gasteiger partial charge in [0.1, 0.15) is 0 Å². The molecule has 154 valence electrons. The number of urea groups is 1. The lowest BCUT2D eigenvalue weighted by atomic mass is 9.53. The Morgan fingerprint density at radius 2 is 1.82 bits per heavy atom. The molecule has 3 amide bonds. The maximum absolute atomic E-state index is 12.5. The van der Waals surface area contributed by atoms with Gasteiger partial charge in [-0.05, 0) is 69.6 Å². The number of carbonyl (C=O) groups excluding carboxylic acids is 2. The first kappa shape index (κ1) is 19.9. The molecule has 4 fully saturated rings. The lowest BCUT2D eigenvalue weighted by molar-refractivity contribution is -0.119. The van der Waals surface area contributed by atoms with Crippen molar-refractivity contribution >= 4 is 40.2 Å². The van der Waals surface area contributed by atoms with Crippen molar-refractivity contribution in [2.75, 3.05) is 11.9 Å². The van der Waals surface area contributed by atoms with Gasteiger partial charge in [-0.15, -0.1) is 10.2 Å². The average molecular weight is 424 g/mol. The molecule has 4 aliphatic carbocycles. The largest absolute Gasteiger partial charge is 0.360 e. The first-order valence-electron chi connectivity index (χ1n) is 10.3. The fourth-order valence-electron chi connectivity index (χ4n) is 5.51. The first-order chi connectivity index (χ1) is 13.4. The monoisotopic (exact) mass is 423 g/mol. The molecular weight excluding hydrogens is 394 g/mol. The van der Waals surface area contributed by atoms with Crippen molar-refractivity contribution in [1.29, 1.82) is 0 Å². The van der Waals surface area contributed by atoms with Crippen molar-refractivity contribution in [3.63, 3.8) is 0 Å². The molecule has 1 atom stereocenters. The summed E-state index contributed by atoms with van der Waals surface area (Å²) in [5.41, 5.74) is -0.0887. The molecule has 0 saturated heterocycles. The summed E-state index contributed by atoms with van der Waals surface area (Å²) in [6.45, 7) is 4.73. The van der Waals surface area contributed by atoms with Crippen molar-refractivity contribution in [3.05, 3.63) is 0 Å². The number of aromatic nitrogens is 2. The molecule has 5 rings (SSSR count). The topological polar surface area (TPSA) is 96.0 Å². The average Bonchev–Trinajstić information content (AvgIpc) is 3.05. The molecule has 4 bridgehead atoms. The minimum atomic E-state index is -0.408. The van der Waals surface area contributed by atoms with Gasteiger partial charge in [-0.25, -0.2) is 4.79 Å². The van der Waals surface area contributed by atoms with Crippen molar-refractivity contribution in [1.82, 2.24) is 20.8 Å². The number of anilines is 1. The molecule has 1 aromatic rings. The van der Waals surface area contributed by atoms with Crippen LogP contribution in [0.3, 0.4) is 0 Å². The summed E-state index contributed by atoms with van der Waals surface area (Å²) in [5.74, 6) is 1.98. The van der Waals surface area contributed by atoms with E-state index < -0.39 is 5.25 Å². The molecule has 0 spiro atoms. The van der Waals surface area contributed by atoms with Crippen LogP contribution in [0.25, 0.3) is 0 Å². The van der Waals surface area contributed by atoms with Gasteiger partial charge >= 0.3 is 6.03 Å². The van der Waals surface area contributed by atoms with E-state index in [1.54, 1.807) is 6.92 Å². The number of thioether (sulfide) groups is 1. The summed E-state index contributed by atoms with van der Waals surface area (Å²) in [5, 5.41) is 17.5. The van der Waals surface area contributed by atoms with Crippen LogP contribution >= 0.6 is 23.1 Å². The second kappa shape index (κ2) is 8.18. The number of rotatable bonds is 7. The number of nitrogens with zero attached hydrogens (tertiary/aromatic N) is 2. The summed E-state index contributed by atoms with van der Waals surface area (Å²) in [7, 11) is 0. The number of nitrogens with one attached hydrogen (secondary N) is 3. The highest BCUT2D eigenvalue weighted by Crippen LogP contribution is 2.55. The maximum atomic E-state index is 12.5. The Labute approximate surface area is 174 Å². The van der Waals surface area contributed by atoms with Crippen LogP contribution in [0, 0.1) is 17.8 Å². The van der Waals surface area contributed by atoms with Gasteiger partial charge in [0.05, 0.1) is 5.25 Å². The van der Waals surface area contributed by atoms with Crippen LogP contribution in [0.15, 0.2) is 4.34 Å². The van der Waals surface area contributed by atoms with E-state index in [9.17, 15) is 9.59 Å². The third kappa shape index (κ3) is 4.45. The third-order valence-corrected chi connectivity index (χ3v) is 8.30. The van der Waals surface area contributed by atoms with Gasteiger partial charge in [0.2, 0.25) is 11.0 Å². The highest BCUT2D eigenvalue weighted by atomic mass is 32.2. The summed E-state index contributed by atoms with van der Waals surface area (Å²) >= 11 is 2.76. The molecule has 4 saturated carbocycles. The summed E-state index contributed by atoms with van der Waals surface area (Å²) in [4.78, 5) is 25.0. The zero-order chi connectivity index (χ0) is 19.7. The first-order valence-corrected chi connectivity index (χ1v) is 12.0. The Kier molecular flexibility index (Phi) is 5.83. The normalized spacial score (nSPS) is 31.4. The SMILES string of the molecule is CCCNc1nnc(S[C@@H](C)C(=O)NC(=O)NC23CC4CC(CC(C4)C2)C3)s1. The molecule has 3 N–H and O–H groups in total. The van der Waals surface area contributed by atoms with E-state index in [2.05, 4.69) is 33.1 Å². The number of hydrogen-bond acceptors (Lipinski definition) is 7.